The minimum atomic E-state index is 0.554. The average Bonchev–Trinajstić information content (AvgIpc) is 2.67. The first-order valence-electron chi connectivity index (χ1n) is 13.0. The van der Waals surface area contributed by atoms with Crippen LogP contribution >= 0.6 is 9.24 Å². The van der Waals surface area contributed by atoms with Crippen molar-refractivity contribution in [3.8, 4) is 0 Å². The molecule has 0 bridgehead atoms. The van der Waals surface area contributed by atoms with Crippen molar-refractivity contribution in [2.45, 2.75) is 167 Å². The summed E-state index contributed by atoms with van der Waals surface area (Å²) in [5.41, 5.74) is 0. The maximum Gasteiger partial charge on any atom is -0.0150 e. The zero-order chi connectivity index (χ0) is 20.1. The second-order valence-corrected chi connectivity index (χ2v) is 10.5. The summed E-state index contributed by atoms with van der Waals surface area (Å²) in [5.74, 6) is 0. The molecule has 0 rings (SSSR count). The van der Waals surface area contributed by atoms with Crippen LogP contribution in [0.2, 0.25) is 0 Å². The molecule has 0 nitrogen and oxygen atoms in total. The van der Waals surface area contributed by atoms with Crippen LogP contribution in [0.5, 0.6) is 0 Å². The Kier molecular flexibility index (Phi) is 21.5. The minimum absolute atomic E-state index is 0.554. The second-order valence-electron chi connectivity index (χ2n) is 9.27. The van der Waals surface area contributed by atoms with Crippen LogP contribution in [0.1, 0.15) is 162 Å². The molecule has 0 saturated heterocycles. The molecule has 0 aromatic heterocycles. The number of hydrogen-bond donors (Lipinski definition) is 0. The fraction of sp³-hybridized carbons (Fsp3) is 1.00. The lowest BCUT2D eigenvalue weighted by molar-refractivity contribution is 0.402. The van der Waals surface area contributed by atoms with Gasteiger partial charge in [-0.05, 0) is 24.4 Å². The van der Waals surface area contributed by atoms with Crippen LogP contribution in [0.4, 0.5) is 0 Å². The van der Waals surface area contributed by atoms with Gasteiger partial charge in [0.1, 0.15) is 0 Å². The van der Waals surface area contributed by atoms with Gasteiger partial charge in [-0.3, -0.25) is 0 Å². The predicted octanol–water partition coefficient (Wildman–Crippen LogP) is 10.2. The van der Waals surface area contributed by atoms with Gasteiger partial charge < -0.3 is 0 Å². The lowest BCUT2D eigenvalue weighted by Gasteiger charge is -2.30. The third-order valence-electron chi connectivity index (χ3n) is 6.33. The Morgan fingerprint density at radius 1 is 0.370 bits per heavy atom. The Balaban J connectivity index is 4.02. The van der Waals surface area contributed by atoms with Crippen molar-refractivity contribution in [2.24, 2.45) is 0 Å². The maximum absolute atomic E-state index is 3.35. The molecule has 0 spiro atoms. The summed E-state index contributed by atoms with van der Waals surface area (Å²) in [7, 11) is 3.35. The summed E-state index contributed by atoms with van der Waals surface area (Å²) >= 11 is 0. The average molecular weight is 399 g/mol. The van der Waals surface area contributed by atoms with E-state index >= 15 is 0 Å². The summed E-state index contributed by atoms with van der Waals surface area (Å²) in [4.78, 5) is 0. The van der Waals surface area contributed by atoms with Crippen LogP contribution in [0.15, 0.2) is 0 Å². The van der Waals surface area contributed by atoms with Crippen molar-refractivity contribution < 1.29 is 0 Å². The van der Waals surface area contributed by atoms with E-state index in [0.717, 1.165) is 0 Å². The van der Waals surface area contributed by atoms with Crippen LogP contribution in [-0.4, -0.2) is 5.16 Å². The van der Waals surface area contributed by atoms with E-state index in [0.29, 0.717) is 5.16 Å². The van der Waals surface area contributed by atoms with Crippen molar-refractivity contribution in [1.29, 1.82) is 0 Å². The van der Waals surface area contributed by atoms with Crippen molar-refractivity contribution in [1.82, 2.24) is 0 Å². The van der Waals surface area contributed by atoms with Crippen LogP contribution in [0.25, 0.3) is 0 Å². The molecule has 1 unspecified atom stereocenters. The molecule has 0 N–H and O–H groups in total. The van der Waals surface area contributed by atoms with E-state index in [9.17, 15) is 0 Å². The quantitative estimate of drug-likeness (QED) is 0.126. The van der Waals surface area contributed by atoms with Gasteiger partial charge in [-0.1, -0.05) is 143 Å². The van der Waals surface area contributed by atoms with E-state index in [-0.39, 0.29) is 0 Å². The van der Waals surface area contributed by atoms with Gasteiger partial charge in [-0.15, -0.1) is 9.24 Å². The van der Waals surface area contributed by atoms with Crippen molar-refractivity contribution in [3.63, 3.8) is 0 Å². The van der Waals surface area contributed by atoms with Gasteiger partial charge in [0.05, 0.1) is 0 Å². The molecule has 0 aromatic carbocycles. The van der Waals surface area contributed by atoms with Gasteiger partial charge in [0.25, 0.3) is 0 Å². The lowest BCUT2D eigenvalue weighted by Crippen LogP contribution is -2.20. The molecule has 1 heteroatoms. The molecule has 0 aliphatic carbocycles. The Hall–Kier alpha value is 0.430. The Labute approximate surface area is 176 Å². The van der Waals surface area contributed by atoms with Crippen LogP contribution < -0.4 is 0 Å². The number of rotatable bonds is 22. The molecule has 0 aliphatic heterocycles. The SMILES string of the molecule is CCCCCCCCCC(P)(CCCCCCCC)CCCCCCCC. The van der Waals surface area contributed by atoms with Gasteiger partial charge >= 0.3 is 0 Å². The molecule has 27 heavy (non-hydrogen) atoms. The molecule has 0 heterocycles. The number of hydrogen-bond acceptors (Lipinski definition) is 0. The van der Waals surface area contributed by atoms with E-state index in [1.807, 2.05) is 0 Å². The highest BCUT2D eigenvalue weighted by atomic mass is 31.0. The Morgan fingerprint density at radius 2 is 0.593 bits per heavy atom. The van der Waals surface area contributed by atoms with Crippen molar-refractivity contribution in [3.05, 3.63) is 0 Å². The Morgan fingerprint density at radius 3 is 0.852 bits per heavy atom. The fourth-order valence-corrected chi connectivity index (χ4v) is 4.94. The lowest BCUT2D eigenvalue weighted by atomic mass is 9.88. The Bertz CT molecular complexity index is 257. The summed E-state index contributed by atoms with van der Waals surface area (Å²) in [6.45, 7) is 6.94. The van der Waals surface area contributed by atoms with Crippen LogP contribution in [0.3, 0.4) is 0 Å². The van der Waals surface area contributed by atoms with Crippen molar-refractivity contribution in [2.75, 3.05) is 0 Å². The largest absolute Gasteiger partial charge is 0.131 e. The van der Waals surface area contributed by atoms with Crippen LogP contribution in [0, 0.1) is 0 Å². The van der Waals surface area contributed by atoms with E-state index in [2.05, 4.69) is 30.0 Å². The first kappa shape index (κ1) is 27.4. The molecule has 1 atom stereocenters. The highest BCUT2D eigenvalue weighted by molar-refractivity contribution is 7.19. The van der Waals surface area contributed by atoms with Crippen LogP contribution in [-0.2, 0) is 0 Å². The molecular formula is C26H55P. The standard InChI is InChI=1S/C26H55P/c1-4-7-10-13-16-19-22-25-26(27,23-20-17-14-11-8-5-2)24-21-18-15-12-9-6-3/h4-25,27H2,1-3H3. The number of unbranched alkanes of at least 4 members (excludes halogenated alkanes) is 16. The van der Waals surface area contributed by atoms with Gasteiger partial charge in [-0.25, -0.2) is 0 Å². The monoisotopic (exact) mass is 398 g/mol. The zero-order valence-electron chi connectivity index (χ0n) is 19.6. The van der Waals surface area contributed by atoms with E-state index < -0.39 is 0 Å². The van der Waals surface area contributed by atoms with E-state index in [1.54, 1.807) is 0 Å². The maximum atomic E-state index is 3.35. The normalized spacial score (nSPS) is 12.0. The summed E-state index contributed by atoms with van der Waals surface area (Å²) in [6.07, 6.45) is 31.7. The summed E-state index contributed by atoms with van der Waals surface area (Å²) in [5, 5.41) is 0.554. The molecule has 0 aliphatic rings. The van der Waals surface area contributed by atoms with E-state index in [4.69, 9.17) is 0 Å². The first-order chi connectivity index (χ1) is 13.2. The predicted molar refractivity (Wildman–Crippen MR) is 131 cm³/mol. The topological polar surface area (TPSA) is 0 Å². The zero-order valence-corrected chi connectivity index (χ0v) is 20.8. The molecule has 0 amide bonds. The highest BCUT2D eigenvalue weighted by Crippen LogP contribution is 2.37. The fourth-order valence-electron chi connectivity index (χ4n) is 4.32. The summed E-state index contributed by atoms with van der Waals surface area (Å²) < 4.78 is 0. The van der Waals surface area contributed by atoms with Gasteiger partial charge in [-0.2, -0.15) is 0 Å². The first-order valence-corrected chi connectivity index (χ1v) is 13.5. The highest BCUT2D eigenvalue weighted by Gasteiger charge is 2.23. The third kappa shape index (κ3) is 19.5. The van der Waals surface area contributed by atoms with Crippen molar-refractivity contribution >= 4 is 9.24 Å². The van der Waals surface area contributed by atoms with Gasteiger partial charge in [0.15, 0.2) is 0 Å². The smallest absolute Gasteiger partial charge is 0.0150 e. The molecule has 0 aromatic rings. The summed E-state index contributed by atoms with van der Waals surface area (Å²) in [6, 6.07) is 0. The van der Waals surface area contributed by atoms with Gasteiger partial charge in [0.2, 0.25) is 0 Å². The minimum Gasteiger partial charge on any atom is -0.131 e. The molecule has 164 valence electrons. The molecular weight excluding hydrogens is 343 g/mol. The van der Waals surface area contributed by atoms with Gasteiger partial charge in [0, 0.05) is 0 Å². The van der Waals surface area contributed by atoms with E-state index in [1.165, 1.54) is 141 Å². The molecule has 0 radical (unpaired) electrons. The third-order valence-corrected chi connectivity index (χ3v) is 7.20. The molecule has 0 fully saturated rings. The second kappa shape index (κ2) is 21.1. The molecule has 0 saturated carbocycles.